The Balaban J connectivity index is 1.86. The highest BCUT2D eigenvalue weighted by Crippen LogP contribution is 2.26. The molecule has 98 valence electrons. The molecule has 1 aromatic heterocycles. The number of rotatable bonds is 2. The van der Waals surface area contributed by atoms with Gasteiger partial charge in [-0.2, -0.15) is 5.10 Å². The molecule has 0 radical (unpaired) electrons. The van der Waals surface area contributed by atoms with Crippen LogP contribution in [0.5, 0.6) is 0 Å². The van der Waals surface area contributed by atoms with Gasteiger partial charge in [-0.25, -0.2) is 0 Å². The summed E-state index contributed by atoms with van der Waals surface area (Å²) in [4.78, 5) is 14.1. The molecule has 2 N–H and O–H groups in total. The standard InChI is InChI=1S/C14H16N4O/c1-9-5-12(17(2)16-9)8-18-7-10-3-4-11(15)6-13(10)14(18)19/h3-6H,7-8,15H2,1-2H3. The molecule has 5 heteroatoms. The summed E-state index contributed by atoms with van der Waals surface area (Å²) in [7, 11) is 1.90. The number of aromatic nitrogens is 2. The Labute approximate surface area is 111 Å². The molecule has 2 aromatic rings. The molecule has 0 aliphatic carbocycles. The highest BCUT2D eigenvalue weighted by Gasteiger charge is 2.27. The molecular formula is C14H16N4O. The van der Waals surface area contributed by atoms with Crippen LogP contribution >= 0.6 is 0 Å². The van der Waals surface area contributed by atoms with Crippen LogP contribution in [-0.4, -0.2) is 20.6 Å². The minimum atomic E-state index is 0.0427. The van der Waals surface area contributed by atoms with Gasteiger partial charge in [-0.15, -0.1) is 0 Å². The average Bonchev–Trinajstić information content (AvgIpc) is 2.82. The highest BCUT2D eigenvalue weighted by molar-refractivity contribution is 5.99. The van der Waals surface area contributed by atoms with Crippen molar-refractivity contribution in [3.63, 3.8) is 0 Å². The number of hydrogen-bond acceptors (Lipinski definition) is 3. The summed E-state index contributed by atoms with van der Waals surface area (Å²) in [5.41, 5.74) is 10.1. The van der Waals surface area contributed by atoms with E-state index >= 15 is 0 Å². The van der Waals surface area contributed by atoms with Crippen LogP contribution < -0.4 is 5.73 Å². The maximum Gasteiger partial charge on any atom is 0.254 e. The van der Waals surface area contributed by atoms with Crippen LogP contribution in [0.2, 0.25) is 0 Å². The normalized spacial score (nSPS) is 14.0. The molecule has 0 saturated heterocycles. The third kappa shape index (κ3) is 1.97. The summed E-state index contributed by atoms with van der Waals surface area (Å²) in [5.74, 6) is 0.0427. The Morgan fingerprint density at radius 1 is 1.37 bits per heavy atom. The number of carbonyl (C=O) groups is 1. The fourth-order valence-corrected chi connectivity index (χ4v) is 2.51. The van der Waals surface area contributed by atoms with Crippen molar-refractivity contribution >= 4 is 11.6 Å². The fraction of sp³-hybridized carbons (Fsp3) is 0.286. The van der Waals surface area contributed by atoms with Crippen LogP contribution in [0, 0.1) is 6.92 Å². The number of fused-ring (bicyclic) bond motifs is 1. The predicted molar refractivity (Wildman–Crippen MR) is 72.4 cm³/mol. The Kier molecular flexibility index (Phi) is 2.55. The molecule has 0 fully saturated rings. The van der Waals surface area contributed by atoms with E-state index in [-0.39, 0.29) is 5.91 Å². The molecule has 0 saturated carbocycles. The Morgan fingerprint density at radius 3 is 2.84 bits per heavy atom. The number of carbonyl (C=O) groups excluding carboxylic acids is 1. The minimum Gasteiger partial charge on any atom is -0.399 e. The van der Waals surface area contributed by atoms with E-state index < -0.39 is 0 Å². The van der Waals surface area contributed by atoms with Crippen molar-refractivity contribution in [2.45, 2.75) is 20.0 Å². The summed E-state index contributed by atoms with van der Waals surface area (Å²) in [6.45, 7) is 3.16. The van der Waals surface area contributed by atoms with Gasteiger partial charge < -0.3 is 10.6 Å². The van der Waals surface area contributed by atoms with Crippen LogP contribution in [0.4, 0.5) is 5.69 Å². The molecular weight excluding hydrogens is 240 g/mol. The van der Waals surface area contributed by atoms with E-state index in [1.807, 2.05) is 41.8 Å². The van der Waals surface area contributed by atoms with Crippen molar-refractivity contribution in [2.24, 2.45) is 7.05 Å². The van der Waals surface area contributed by atoms with Crippen LogP contribution in [0.1, 0.15) is 27.3 Å². The lowest BCUT2D eigenvalue weighted by Crippen LogP contribution is -2.24. The molecule has 1 aliphatic heterocycles. The largest absolute Gasteiger partial charge is 0.399 e. The maximum absolute atomic E-state index is 12.3. The van der Waals surface area contributed by atoms with E-state index in [0.717, 1.165) is 22.5 Å². The summed E-state index contributed by atoms with van der Waals surface area (Å²) in [6.07, 6.45) is 0. The van der Waals surface area contributed by atoms with Crippen molar-refractivity contribution < 1.29 is 4.79 Å². The summed E-state index contributed by atoms with van der Waals surface area (Å²) in [6, 6.07) is 7.53. The number of nitrogens with two attached hydrogens (primary N) is 1. The number of hydrogen-bond donors (Lipinski definition) is 1. The maximum atomic E-state index is 12.3. The van der Waals surface area contributed by atoms with E-state index in [1.54, 1.807) is 6.07 Å². The summed E-state index contributed by atoms with van der Waals surface area (Å²) < 4.78 is 1.82. The quantitative estimate of drug-likeness (QED) is 0.827. The Bertz CT molecular complexity index is 659. The zero-order valence-corrected chi connectivity index (χ0v) is 11.1. The second-order valence-corrected chi connectivity index (χ2v) is 4.98. The first-order valence-corrected chi connectivity index (χ1v) is 6.22. The van der Waals surface area contributed by atoms with E-state index in [4.69, 9.17) is 5.73 Å². The molecule has 1 aromatic carbocycles. The second-order valence-electron chi connectivity index (χ2n) is 4.98. The number of benzene rings is 1. The van der Waals surface area contributed by atoms with Gasteiger partial charge in [0.1, 0.15) is 0 Å². The Morgan fingerprint density at radius 2 is 2.16 bits per heavy atom. The topological polar surface area (TPSA) is 64.2 Å². The highest BCUT2D eigenvalue weighted by atomic mass is 16.2. The first-order valence-electron chi connectivity index (χ1n) is 6.22. The molecule has 2 heterocycles. The van der Waals surface area contributed by atoms with Gasteiger partial charge in [-0.3, -0.25) is 9.48 Å². The number of nitrogen functional groups attached to an aromatic ring is 1. The monoisotopic (exact) mass is 256 g/mol. The van der Waals surface area contributed by atoms with Gasteiger partial charge in [-0.05, 0) is 30.7 Å². The summed E-state index contributed by atoms with van der Waals surface area (Å²) in [5, 5.41) is 4.30. The lowest BCUT2D eigenvalue weighted by Gasteiger charge is -2.15. The molecule has 1 amide bonds. The number of nitrogens with zero attached hydrogens (tertiary/aromatic N) is 3. The first kappa shape index (κ1) is 11.8. The first-order chi connectivity index (χ1) is 9.04. The van der Waals surface area contributed by atoms with Crippen LogP contribution in [0.25, 0.3) is 0 Å². The molecule has 0 unspecified atom stereocenters. The van der Waals surface area contributed by atoms with Gasteiger partial charge in [0.2, 0.25) is 0 Å². The van der Waals surface area contributed by atoms with E-state index in [1.165, 1.54) is 0 Å². The van der Waals surface area contributed by atoms with Gasteiger partial charge in [0.25, 0.3) is 5.91 Å². The molecule has 3 rings (SSSR count). The van der Waals surface area contributed by atoms with Gasteiger partial charge in [0, 0.05) is 24.8 Å². The number of anilines is 1. The minimum absolute atomic E-state index is 0.0427. The second kappa shape index (κ2) is 4.12. The lowest BCUT2D eigenvalue weighted by molar-refractivity contribution is 0.0763. The molecule has 5 nitrogen and oxygen atoms in total. The zero-order valence-electron chi connectivity index (χ0n) is 11.1. The summed E-state index contributed by atoms with van der Waals surface area (Å²) >= 11 is 0. The molecule has 0 bridgehead atoms. The predicted octanol–water partition coefficient (Wildman–Crippen LogP) is 1.47. The van der Waals surface area contributed by atoms with Gasteiger partial charge in [0.05, 0.1) is 17.9 Å². The van der Waals surface area contributed by atoms with Crippen molar-refractivity contribution in [1.82, 2.24) is 14.7 Å². The van der Waals surface area contributed by atoms with Crippen molar-refractivity contribution in [3.8, 4) is 0 Å². The van der Waals surface area contributed by atoms with Crippen molar-refractivity contribution in [2.75, 3.05) is 5.73 Å². The van der Waals surface area contributed by atoms with E-state index in [9.17, 15) is 4.79 Å². The van der Waals surface area contributed by atoms with Crippen LogP contribution in [0.15, 0.2) is 24.3 Å². The number of amides is 1. The van der Waals surface area contributed by atoms with Crippen molar-refractivity contribution in [3.05, 3.63) is 46.8 Å². The zero-order chi connectivity index (χ0) is 13.6. The molecule has 0 spiro atoms. The van der Waals surface area contributed by atoms with E-state index in [0.29, 0.717) is 18.8 Å². The fourth-order valence-electron chi connectivity index (χ4n) is 2.51. The third-order valence-corrected chi connectivity index (χ3v) is 3.46. The third-order valence-electron chi connectivity index (χ3n) is 3.46. The molecule has 1 aliphatic rings. The van der Waals surface area contributed by atoms with Crippen LogP contribution in [-0.2, 0) is 20.1 Å². The van der Waals surface area contributed by atoms with Crippen molar-refractivity contribution in [1.29, 1.82) is 0 Å². The van der Waals surface area contributed by atoms with Crippen LogP contribution in [0.3, 0.4) is 0 Å². The SMILES string of the molecule is Cc1cc(CN2Cc3ccc(N)cc3C2=O)n(C)n1. The number of aryl methyl sites for hydroxylation is 2. The lowest BCUT2D eigenvalue weighted by atomic mass is 10.1. The molecule has 19 heavy (non-hydrogen) atoms. The average molecular weight is 256 g/mol. The molecule has 0 atom stereocenters. The van der Waals surface area contributed by atoms with Gasteiger partial charge >= 0.3 is 0 Å². The van der Waals surface area contributed by atoms with Gasteiger partial charge in [0.15, 0.2) is 0 Å². The smallest absolute Gasteiger partial charge is 0.254 e. The van der Waals surface area contributed by atoms with Gasteiger partial charge in [-0.1, -0.05) is 6.07 Å². The van der Waals surface area contributed by atoms with E-state index in [2.05, 4.69) is 5.10 Å². The Hall–Kier alpha value is -2.30.